The first-order valence-corrected chi connectivity index (χ1v) is 5.76. The summed E-state index contributed by atoms with van der Waals surface area (Å²) in [7, 11) is 0. The second-order valence-electron chi connectivity index (χ2n) is 4.13. The van der Waals surface area contributed by atoms with Crippen molar-refractivity contribution in [2.75, 3.05) is 5.32 Å². The number of benzene rings is 1. The molecular weight excluding hydrogens is 218 g/mol. The zero-order chi connectivity index (χ0) is 12.4. The Hall–Kier alpha value is -1.84. The molecule has 2 rings (SSSR count). The number of nitrogens with one attached hydrogen (secondary N) is 1. The molecular formula is C13H15NO3. The summed E-state index contributed by atoms with van der Waals surface area (Å²) in [5, 5.41) is 2.73. The van der Waals surface area contributed by atoms with Gasteiger partial charge in [-0.2, -0.15) is 0 Å². The second kappa shape index (κ2) is 4.57. The molecule has 0 saturated heterocycles. The van der Waals surface area contributed by atoms with E-state index in [1.165, 1.54) is 0 Å². The Morgan fingerprint density at radius 1 is 1.47 bits per heavy atom. The maximum atomic E-state index is 11.7. The summed E-state index contributed by atoms with van der Waals surface area (Å²) in [4.78, 5) is 23.2. The van der Waals surface area contributed by atoms with Crippen LogP contribution < -0.4 is 10.1 Å². The van der Waals surface area contributed by atoms with Crippen LogP contribution in [0.15, 0.2) is 18.2 Å². The van der Waals surface area contributed by atoms with Crippen LogP contribution in [-0.2, 0) is 4.79 Å². The number of hydrogen-bond donors (Lipinski definition) is 1. The van der Waals surface area contributed by atoms with Crippen LogP contribution in [0.5, 0.6) is 5.75 Å². The van der Waals surface area contributed by atoms with Crippen molar-refractivity contribution in [3.05, 3.63) is 23.8 Å². The lowest BCUT2D eigenvalue weighted by atomic mass is 10.1. The summed E-state index contributed by atoms with van der Waals surface area (Å²) in [6.07, 6.45) is 0.847. The molecule has 0 unspecified atom stereocenters. The number of anilines is 1. The van der Waals surface area contributed by atoms with E-state index in [1.807, 2.05) is 6.92 Å². The van der Waals surface area contributed by atoms with E-state index in [1.54, 1.807) is 25.1 Å². The average molecular weight is 233 g/mol. The molecule has 1 heterocycles. The van der Waals surface area contributed by atoms with Crippen LogP contribution in [0.1, 0.15) is 37.0 Å². The minimum absolute atomic E-state index is 0.0863. The second-order valence-corrected chi connectivity index (χ2v) is 4.13. The van der Waals surface area contributed by atoms with Crippen LogP contribution in [0.25, 0.3) is 0 Å². The van der Waals surface area contributed by atoms with Crippen LogP contribution >= 0.6 is 0 Å². The van der Waals surface area contributed by atoms with Crippen LogP contribution in [-0.4, -0.2) is 17.8 Å². The summed E-state index contributed by atoms with van der Waals surface area (Å²) < 4.78 is 5.42. The Kier molecular flexibility index (Phi) is 3.13. The van der Waals surface area contributed by atoms with Gasteiger partial charge in [-0.15, -0.1) is 0 Å². The zero-order valence-electron chi connectivity index (χ0n) is 9.95. The molecule has 1 atom stereocenters. The van der Waals surface area contributed by atoms with E-state index in [0.717, 1.165) is 6.42 Å². The van der Waals surface area contributed by atoms with E-state index >= 15 is 0 Å². The topological polar surface area (TPSA) is 55.4 Å². The Morgan fingerprint density at radius 2 is 2.24 bits per heavy atom. The standard InChI is InChI=1S/C13H15NO3/c1-3-4-11(15)9-5-6-12-10(7-9)14-13(16)8(2)17-12/h5-8H,3-4H2,1-2H3,(H,14,16)/t8-/m0/s1. The van der Waals surface area contributed by atoms with Gasteiger partial charge in [-0.25, -0.2) is 0 Å². The van der Waals surface area contributed by atoms with Crippen LogP contribution in [0.4, 0.5) is 5.69 Å². The molecule has 0 spiro atoms. The first kappa shape index (κ1) is 11.6. The quantitative estimate of drug-likeness (QED) is 0.815. The SMILES string of the molecule is CCCC(=O)c1ccc2c(c1)NC(=O)[C@H](C)O2. The largest absolute Gasteiger partial charge is 0.479 e. The molecule has 0 radical (unpaired) electrons. The third-order valence-electron chi connectivity index (χ3n) is 2.71. The van der Waals surface area contributed by atoms with Gasteiger partial charge in [0, 0.05) is 12.0 Å². The van der Waals surface area contributed by atoms with E-state index in [-0.39, 0.29) is 11.7 Å². The number of fused-ring (bicyclic) bond motifs is 1. The Bertz CT molecular complexity index is 468. The lowest BCUT2D eigenvalue weighted by Gasteiger charge is -2.23. The van der Waals surface area contributed by atoms with Crippen molar-refractivity contribution in [3.63, 3.8) is 0 Å². The van der Waals surface area contributed by atoms with E-state index in [4.69, 9.17) is 4.74 Å². The van der Waals surface area contributed by atoms with Crippen molar-refractivity contribution in [2.24, 2.45) is 0 Å². The predicted molar refractivity (Wildman–Crippen MR) is 64.4 cm³/mol. The van der Waals surface area contributed by atoms with Gasteiger partial charge < -0.3 is 10.1 Å². The average Bonchev–Trinajstić information content (AvgIpc) is 2.30. The third kappa shape index (κ3) is 2.30. The number of ether oxygens (including phenoxy) is 1. The number of hydrogen-bond acceptors (Lipinski definition) is 3. The maximum absolute atomic E-state index is 11.7. The molecule has 0 fully saturated rings. The van der Waals surface area contributed by atoms with E-state index in [9.17, 15) is 9.59 Å². The molecule has 4 nitrogen and oxygen atoms in total. The minimum atomic E-state index is -0.486. The number of carbonyl (C=O) groups is 2. The summed E-state index contributed by atoms with van der Waals surface area (Å²) in [6.45, 7) is 3.65. The summed E-state index contributed by atoms with van der Waals surface area (Å²) in [6, 6.07) is 5.15. The van der Waals surface area contributed by atoms with Gasteiger partial charge in [0.05, 0.1) is 5.69 Å². The monoisotopic (exact) mass is 233 g/mol. The fraction of sp³-hybridized carbons (Fsp3) is 0.385. The fourth-order valence-electron chi connectivity index (χ4n) is 1.75. The van der Waals surface area contributed by atoms with Gasteiger partial charge in [0.25, 0.3) is 5.91 Å². The van der Waals surface area contributed by atoms with E-state index in [0.29, 0.717) is 23.4 Å². The summed E-state index contributed by atoms with van der Waals surface area (Å²) in [5.74, 6) is 0.519. The normalized spacial score (nSPS) is 18.0. The third-order valence-corrected chi connectivity index (χ3v) is 2.71. The van der Waals surface area contributed by atoms with Crippen molar-refractivity contribution in [1.82, 2.24) is 0 Å². The molecule has 1 aliphatic heterocycles. The number of amides is 1. The maximum Gasteiger partial charge on any atom is 0.265 e. The van der Waals surface area contributed by atoms with Gasteiger partial charge in [0.15, 0.2) is 11.9 Å². The summed E-state index contributed by atoms with van der Waals surface area (Å²) in [5.41, 5.74) is 1.19. The number of Topliss-reactive ketones (excluding diaryl/α,β-unsaturated/α-hetero) is 1. The van der Waals surface area contributed by atoms with Gasteiger partial charge in [-0.05, 0) is 31.5 Å². The van der Waals surface area contributed by atoms with E-state index in [2.05, 4.69) is 5.32 Å². The van der Waals surface area contributed by atoms with Gasteiger partial charge >= 0.3 is 0 Å². The van der Waals surface area contributed by atoms with Crippen molar-refractivity contribution < 1.29 is 14.3 Å². The van der Waals surface area contributed by atoms with Crippen molar-refractivity contribution in [3.8, 4) is 5.75 Å². The zero-order valence-corrected chi connectivity index (χ0v) is 9.95. The first-order valence-electron chi connectivity index (χ1n) is 5.76. The molecule has 1 amide bonds. The van der Waals surface area contributed by atoms with Gasteiger partial charge in [-0.3, -0.25) is 9.59 Å². The van der Waals surface area contributed by atoms with Gasteiger partial charge in [0.1, 0.15) is 5.75 Å². The van der Waals surface area contributed by atoms with Crippen molar-refractivity contribution >= 4 is 17.4 Å². The molecule has 1 aromatic rings. The highest BCUT2D eigenvalue weighted by atomic mass is 16.5. The van der Waals surface area contributed by atoms with Gasteiger partial charge in [-0.1, -0.05) is 6.92 Å². The smallest absolute Gasteiger partial charge is 0.265 e. The van der Waals surface area contributed by atoms with Crippen LogP contribution in [0.2, 0.25) is 0 Å². The van der Waals surface area contributed by atoms with Crippen LogP contribution in [0, 0.1) is 0 Å². The Labute approximate surface area is 100.0 Å². The summed E-state index contributed by atoms with van der Waals surface area (Å²) >= 11 is 0. The van der Waals surface area contributed by atoms with Crippen LogP contribution in [0.3, 0.4) is 0 Å². The molecule has 0 bridgehead atoms. The Morgan fingerprint density at radius 3 is 2.94 bits per heavy atom. The highest BCUT2D eigenvalue weighted by Crippen LogP contribution is 2.30. The highest BCUT2D eigenvalue weighted by Gasteiger charge is 2.24. The lowest BCUT2D eigenvalue weighted by Crippen LogP contribution is -2.34. The minimum Gasteiger partial charge on any atom is -0.479 e. The van der Waals surface area contributed by atoms with Crippen molar-refractivity contribution in [2.45, 2.75) is 32.8 Å². The molecule has 90 valence electrons. The van der Waals surface area contributed by atoms with Crippen molar-refractivity contribution in [1.29, 1.82) is 0 Å². The fourth-order valence-corrected chi connectivity index (χ4v) is 1.75. The molecule has 4 heteroatoms. The molecule has 1 aromatic carbocycles. The molecule has 0 aromatic heterocycles. The molecule has 17 heavy (non-hydrogen) atoms. The van der Waals surface area contributed by atoms with E-state index < -0.39 is 6.10 Å². The number of ketones is 1. The molecule has 1 N–H and O–H groups in total. The Balaban J connectivity index is 2.28. The molecule has 0 aliphatic carbocycles. The molecule has 0 saturated carbocycles. The first-order chi connectivity index (χ1) is 8.11. The lowest BCUT2D eigenvalue weighted by molar-refractivity contribution is -0.122. The highest BCUT2D eigenvalue weighted by molar-refractivity contribution is 6.01. The number of carbonyl (C=O) groups excluding carboxylic acids is 2. The van der Waals surface area contributed by atoms with Gasteiger partial charge in [0.2, 0.25) is 0 Å². The predicted octanol–water partition coefficient (Wildman–Crippen LogP) is 2.39. The number of rotatable bonds is 3. The molecule has 1 aliphatic rings.